The molecule has 0 radical (unpaired) electrons. The van der Waals surface area contributed by atoms with E-state index in [1.165, 1.54) is 16.7 Å². The van der Waals surface area contributed by atoms with Crippen LogP contribution in [-0.4, -0.2) is 4.98 Å². The van der Waals surface area contributed by atoms with Crippen molar-refractivity contribution in [3.8, 4) is 0 Å². The number of pyridine rings is 1. The number of hydrogen-bond donors (Lipinski definition) is 2. The van der Waals surface area contributed by atoms with Gasteiger partial charge in [-0.1, -0.05) is 29.8 Å². The first-order valence-corrected chi connectivity index (χ1v) is 6.55. The van der Waals surface area contributed by atoms with Crippen molar-refractivity contribution in [2.24, 2.45) is 5.84 Å². The molecule has 3 heteroatoms. The lowest BCUT2D eigenvalue weighted by Crippen LogP contribution is -2.30. The van der Waals surface area contributed by atoms with Crippen LogP contribution in [0.15, 0.2) is 36.5 Å². The number of nitrogens with zero attached hydrogens (tertiary/aromatic N) is 1. The third-order valence-corrected chi connectivity index (χ3v) is 3.55. The maximum Gasteiger partial charge on any atom is 0.0518 e. The summed E-state index contributed by atoms with van der Waals surface area (Å²) in [5.41, 5.74) is 9.00. The summed E-state index contributed by atoms with van der Waals surface area (Å²) in [7, 11) is 0. The van der Waals surface area contributed by atoms with Gasteiger partial charge in [0, 0.05) is 11.9 Å². The zero-order valence-electron chi connectivity index (χ0n) is 11.8. The first kappa shape index (κ1) is 13.7. The molecule has 0 fully saturated rings. The van der Waals surface area contributed by atoms with E-state index in [2.05, 4.69) is 48.5 Å². The highest BCUT2D eigenvalue weighted by atomic mass is 15.2. The van der Waals surface area contributed by atoms with Crippen LogP contribution in [0.5, 0.6) is 0 Å². The lowest BCUT2D eigenvalue weighted by atomic mass is 9.94. The van der Waals surface area contributed by atoms with Gasteiger partial charge in [-0.05, 0) is 49.9 Å². The molecule has 1 unspecified atom stereocenters. The van der Waals surface area contributed by atoms with Gasteiger partial charge in [0.25, 0.3) is 0 Å². The molecular weight excluding hydrogens is 234 g/mol. The highest BCUT2D eigenvalue weighted by Gasteiger charge is 2.14. The Bertz CT molecular complexity index is 564. The van der Waals surface area contributed by atoms with Crippen LogP contribution in [-0.2, 0) is 6.42 Å². The number of rotatable bonds is 4. The van der Waals surface area contributed by atoms with Crippen LogP contribution in [0.4, 0.5) is 0 Å². The minimum Gasteiger partial charge on any atom is -0.271 e. The molecule has 3 N–H and O–H groups in total. The van der Waals surface area contributed by atoms with Crippen LogP contribution < -0.4 is 11.3 Å². The number of benzene rings is 1. The largest absolute Gasteiger partial charge is 0.271 e. The summed E-state index contributed by atoms with van der Waals surface area (Å²) in [4.78, 5) is 4.33. The zero-order chi connectivity index (χ0) is 13.8. The van der Waals surface area contributed by atoms with E-state index in [1.54, 1.807) is 0 Å². The van der Waals surface area contributed by atoms with E-state index in [9.17, 15) is 0 Å². The molecule has 0 saturated carbocycles. The molecule has 2 rings (SSSR count). The van der Waals surface area contributed by atoms with Crippen molar-refractivity contribution in [1.82, 2.24) is 10.4 Å². The second-order valence-corrected chi connectivity index (χ2v) is 5.03. The first-order chi connectivity index (χ1) is 9.11. The van der Waals surface area contributed by atoms with Gasteiger partial charge in [0.05, 0.1) is 6.04 Å². The van der Waals surface area contributed by atoms with Gasteiger partial charge in [-0.15, -0.1) is 0 Å². The van der Waals surface area contributed by atoms with E-state index < -0.39 is 0 Å². The van der Waals surface area contributed by atoms with Crippen LogP contribution in [0.1, 0.15) is 34.0 Å². The fourth-order valence-electron chi connectivity index (χ4n) is 2.36. The zero-order valence-corrected chi connectivity index (χ0v) is 11.8. The first-order valence-electron chi connectivity index (χ1n) is 6.55. The lowest BCUT2D eigenvalue weighted by molar-refractivity contribution is 0.546. The van der Waals surface area contributed by atoms with Gasteiger partial charge < -0.3 is 0 Å². The molecular formula is C16H21N3. The van der Waals surface area contributed by atoms with Crippen molar-refractivity contribution >= 4 is 0 Å². The van der Waals surface area contributed by atoms with Crippen molar-refractivity contribution in [1.29, 1.82) is 0 Å². The van der Waals surface area contributed by atoms with Gasteiger partial charge in [0.1, 0.15) is 0 Å². The van der Waals surface area contributed by atoms with Gasteiger partial charge in [0.15, 0.2) is 0 Å². The van der Waals surface area contributed by atoms with Crippen molar-refractivity contribution in [3.63, 3.8) is 0 Å². The summed E-state index contributed by atoms with van der Waals surface area (Å²) >= 11 is 0. The molecule has 100 valence electrons. The molecule has 1 atom stereocenters. The van der Waals surface area contributed by atoms with E-state index in [1.807, 2.05) is 19.2 Å². The quantitative estimate of drug-likeness (QED) is 0.652. The monoisotopic (exact) mass is 255 g/mol. The SMILES string of the molecule is Cc1ccc(C)c(CC(NN)c2cccnc2C)c1. The molecule has 1 heterocycles. The summed E-state index contributed by atoms with van der Waals surface area (Å²) in [5, 5.41) is 0. The Hall–Kier alpha value is -1.71. The molecule has 3 nitrogen and oxygen atoms in total. The van der Waals surface area contributed by atoms with Crippen LogP contribution in [0.25, 0.3) is 0 Å². The second kappa shape index (κ2) is 5.95. The average molecular weight is 255 g/mol. The van der Waals surface area contributed by atoms with Crippen molar-refractivity contribution in [3.05, 3.63) is 64.5 Å². The average Bonchev–Trinajstić information content (AvgIpc) is 2.41. The Morgan fingerprint density at radius 3 is 2.68 bits per heavy atom. The molecule has 19 heavy (non-hydrogen) atoms. The highest BCUT2D eigenvalue weighted by molar-refractivity contribution is 5.33. The number of aromatic nitrogens is 1. The summed E-state index contributed by atoms with van der Waals surface area (Å²) < 4.78 is 0. The predicted molar refractivity (Wildman–Crippen MR) is 78.7 cm³/mol. The smallest absolute Gasteiger partial charge is 0.0518 e. The van der Waals surface area contributed by atoms with Crippen LogP contribution in [0.3, 0.4) is 0 Å². The molecule has 2 aromatic rings. The third kappa shape index (κ3) is 3.19. The van der Waals surface area contributed by atoms with Crippen LogP contribution in [0, 0.1) is 20.8 Å². The maximum atomic E-state index is 5.73. The number of hydrogen-bond acceptors (Lipinski definition) is 3. The molecule has 0 aliphatic carbocycles. The van der Waals surface area contributed by atoms with Crippen molar-refractivity contribution in [2.75, 3.05) is 0 Å². The fraction of sp³-hybridized carbons (Fsp3) is 0.312. The van der Waals surface area contributed by atoms with Gasteiger partial charge in [-0.3, -0.25) is 16.3 Å². The molecule has 0 saturated heterocycles. The van der Waals surface area contributed by atoms with Crippen molar-refractivity contribution < 1.29 is 0 Å². The summed E-state index contributed by atoms with van der Waals surface area (Å²) in [6.07, 6.45) is 2.68. The van der Waals surface area contributed by atoms with Crippen LogP contribution >= 0.6 is 0 Å². The Morgan fingerprint density at radius 1 is 1.21 bits per heavy atom. The van der Waals surface area contributed by atoms with Gasteiger partial charge >= 0.3 is 0 Å². The molecule has 1 aromatic carbocycles. The Morgan fingerprint density at radius 2 is 2.00 bits per heavy atom. The molecule has 0 aliphatic rings. The standard InChI is InChI=1S/C16H21N3/c1-11-6-7-12(2)14(9-11)10-16(19-17)15-5-4-8-18-13(15)3/h4-9,16,19H,10,17H2,1-3H3. The van der Waals surface area contributed by atoms with E-state index >= 15 is 0 Å². The van der Waals surface area contributed by atoms with E-state index in [0.29, 0.717) is 0 Å². The molecule has 0 aliphatic heterocycles. The number of nitrogens with one attached hydrogen (secondary N) is 1. The number of hydrazine groups is 1. The summed E-state index contributed by atoms with van der Waals surface area (Å²) in [6, 6.07) is 10.7. The van der Waals surface area contributed by atoms with E-state index in [4.69, 9.17) is 5.84 Å². The second-order valence-electron chi connectivity index (χ2n) is 5.03. The molecule has 0 amide bonds. The predicted octanol–water partition coefficient (Wildman–Crippen LogP) is 2.75. The molecule has 1 aromatic heterocycles. The summed E-state index contributed by atoms with van der Waals surface area (Å²) in [6.45, 7) is 6.27. The Kier molecular flexibility index (Phi) is 4.30. The van der Waals surface area contributed by atoms with Crippen LogP contribution in [0.2, 0.25) is 0 Å². The minimum atomic E-state index is 0.0919. The Balaban J connectivity index is 2.29. The maximum absolute atomic E-state index is 5.73. The number of nitrogens with two attached hydrogens (primary N) is 1. The van der Waals surface area contributed by atoms with E-state index in [-0.39, 0.29) is 6.04 Å². The fourth-order valence-corrected chi connectivity index (χ4v) is 2.36. The number of aryl methyl sites for hydroxylation is 3. The van der Waals surface area contributed by atoms with Gasteiger partial charge in [0.2, 0.25) is 0 Å². The Labute approximate surface area is 114 Å². The normalized spacial score (nSPS) is 12.4. The van der Waals surface area contributed by atoms with Crippen molar-refractivity contribution in [2.45, 2.75) is 33.2 Å². The minimum absolute atomic E-state index is 0.0919. The lowest BCUT2D eigenvalue weighted by Gasteiger charge is -2.19. The molecule has 0 bridgehead atoms. The summed E-state index contributed by atoms with van der Waals surface area (Å²) in [5.74, 6) is 5.73. The van der Waals surface area contributed by atoms with Gasteiger partial charge in [-0.25, -0.2) is 0 Å². The molecule has 0 spiro atoms. The topological polar surface area (TPSA) is 50.9 Å². The van der Waals surface area contributed by atoms with Gasteiger partial charge in [-0.2, -0.15) is 0 Å². The third-order valence-electron chi connectivity index (χ3n) is 3.55. The van der Waals surface area contributed by atoms with E-state index in [0.717, 1.165) is 17.7 Å². The highest BCUT2D eigenvalue weighted by Crippen LogP contribution is 2.22.